The van der Waals surface area contributed by atoms with E-state index in [-0.39, 0.29) is 11.8 Å². The Labute approximate surface area is 96.8 Å². The smallest absolute Gasteiger partial charge is 0.383 e. The quantitative estimate of drug-likeness (QED) is 0.894. The monoisotopic (exact) mass is 252 g/mol. The number of halogens is 3. The molecule has 0 fully saturated rings. The SMILES string of the molecule is CCC(C)c1noc(C(C)C(O)C(F)(F)F)n1. The van der Waals surface area contributed by atoms with Crippen molar-refractivity contribution in [3.05, 3.63) is 11.7 Å². The Morgan fingerprint density at radius 1 is 1.35 bits per heavy atom. The lowest BCUT2D eigenvalue weighted by Gasteiger charge is -2.18. The van der Waals surface area contributed by atoms with Crippen molar-refractivity contribution in [2.75, 3.05) is 0 Å². The third-order valence-electron chi connectivity index (χ3n) is 2.71. The van der Waals surface area contributed by atoms with Crippen molar-refractivity contribution in [2.45, 2.75) is 51.3 Å². The van der Waals surface area contributed by atoms with Crippen LogP contribution in [-0.4, -0.2) is 27.5 Å². The fourth-order valence-electron chi connectivity index (χ4n) is 1.23. The maximum atomic E-state index is 12.3. The van der Waals surface area contributed by atoms with Crippen molar-refractivity contribution >= 4 is 0 Å². The summed E-state index contributed by atoms with van der Waals surface area (Å²) in [4.78, 5) is 3.88. The van der Waals surface area contributed by atoms with Gasteiger partial charge in [-0.25, -0.2) is 0 Å². The molecule has 0 aliphatic heterocycles. The van der Waals surface area contributed by atoms with Crippen LogP contribution in [0.1, 0.15) is 50.7 Å². The molecule has 0 aliphatic carbocycles. The van der Waals surface area contributed by atoms with Gasteiger partial charge in [-0.1, -0.05) is 25.9 Å². The van der Waals surface area contributed by atoms with Gasteiger partial charge in [0, 0.05) is 5.92 Å². The number of alkyl halides is 3. The van der Waals surface area contributed by atoms with Gasteiger partial charge in [-0.15, -0.1) is 0 Å². The molecule has 0 radical (unpaired) electrons. The van der Waals surface area contributed by atoms with Crippen LogP contribution in [-0.2, 0) is 0 Å². The molecule has 1 rings (SSSR count). The Hall–Kier alpha value is -1.11. The molecule has 4 nitrogen and oxygen atoms in total. The molecular formula is C10H15F3N2O2. The number of hydrogen-bond donors (Lipinski definition) is 1. The van der Waals surface area contributed by atoms with E-state index in [1.54, 1.807) is 0 Å². The maximum absolute atomic E-state index is 12.3. The summed E-state index contributed by atoms with van der Waals surface area (Å²) in [5.74, 6) is -1.07. The minimum absolute atomic E-state index is 0.0164. The highest BCUT2D eigenvalue weighted by atomic mass is 19.4. The van der Waals surface area contributed by atoms with E-state index in [0.717, 1.165) is 6.42 Å². The third kappa shape index (κ3) is 3.18. The summed E-state index contributed by atoms with van der Waals surface area (Å²) in [5.41, 5.74) is 0. The number of rotatable bonds is 4. The van der Waals surface area contributed by atoms with Gasteiger partial charge in [0.15, 0.2) is 11.9 Å². The first-order valence-corrected chi connectivity index (χ1v) is 5.35. The van der Waals surface area contributed by atoms with E-state index in [1.165, 1.54) is 6.92 Å². The number of nitrogens with zero attached hydrogens (tertiary/aromatic N) is 2. The highest BCUT2D eigenvalue weighted by molar-refractivity contribution is 5.00. The van der Waals surface area contributed by atoms with Gasteiger partial charge in [-0.05, 0) is 6.42 Å². The van der Waals surface area contributed by atoms with E-state index >= 15 is 0 Å². The highest BCUT2D eigenvalue weighted by Crippen LogP contribution is 2.31. The Kier molecular flexibility index (Phi) is 4.13. The summed E-state index contributed by atoms with van der Waals surface area (Å²) in [6.07, 6.45) is -6.42. The lowest BCUT2D eigenvalue weighted by Crippen LogP contribution is -2.33. The number of hydrogen-bond acceptors (Lipinski definition) is 4. The number of aliphatic hydroxyl groups is 1. The summed E-state index contributed by atoms with van der Waals surface area (Å²) >= 11 is 0. The topological polar surface area (TPSA) is 59.2 Å². The summed E-state index contributed by atoms with van der Waals surface area (Å²) in [6, 6.07) is 0. The number of aliphatic hydroxyl groups excluding tert-OH is 1. The van der Waals surface area contributed by atoms with Gasteiger partial charge < -0.3 is 9.63 Å². The molecule has 1 heterocycles. The van der Waals surface area contributed by atoms with Crippen molar-refractivity contribution in [3.63, 3.8) is 0 Å². The van der Waals surface area contributed by atoms with E-state index in [9.17, 15) is 13.2 Å². The van der Waals surface area contributed by atoms with Crippen molar-refractivity contribution in [1.29, 1.82) is 0 Å². The summed E-state index contributed by atoms with van der Waals surface area (Å²) in [6.45, 7) is 4.96. The lowest BCUT2D eigenvalue weighted by atomic mass is 10.0. The Morgan fingerprint density at radius 3 is 2.41 bits per heavy atom. The van der Waals surface area contributed by atoms with Crippen LogP contribution in [0.4, 0.5) is 13.2 Å². The first-order chi connectivity index (χ1) is 7.77. The summed E-state index contributed by atoms with van der Waals surface area (Å²) in [7, 11) is 0. The molecular weight excluding hydrogens is 237 g/mol. The molecule has 1 N–H and O–H groups in total. The van der Waals surface area contributed by atoms with Crippen LogP contribution in [0, 0.1) is 0 Å². The molecule has 17 heavy (non-hydrogen) atoms. The van der Waals surface area contributed by atoms with Crippen LogP contribution in [0.3, 0.4) is 0 Å². The molecule has 0 aliphatic rings. The molecule has 0 bridgehead atoms. The van der Waals surface area contributed by atoms with Crippen molar-refractivity contribution in [1.82, 2.24) is 10.1 Å². The average Bonchev–Trinajstić information content (AvgIpc) is 2.73. The zero-order chi connectivity index (χ0) is 13.2. The fraction of sp³-hybridized carbons (Fsp3) is 0.800. The van der Waals surface area contributed by atoms with Crippen LogP contribution in [0.5, 0.6) is 0 Å². The molecule has 3 atom stereocenters. The van der Waals surface area contributed by atoms with Gasteiger partial charge in [-0.3, -0.25) is 0 Å². The van der Waals surface area contributed by atoms with Gasteiger partial charge >= 0.3 is 6.18 Å². The van der Waals surface area contributed by atoms with Gasteiger partial charge in [0.05, 0.1) is 5.92 Å². The van der Waals surface area contributed by atoms with E-state index in [1.807, 2.05) is 13.8 Å². The van der Waals surface area contributed by atoms with Crippen LogP contribution in [0.2, 0.25) is 0 Å². The minimum Gasteiger partial charge on any atom is -0.383 e. The molecule has 0 saturated heterocycles. The van der Waals surface area contributed by atoms with Gasteiger partial charge in [0.1, 0.15) is 0 Å². The predicted molar refractivity (Wildman–Crippen MR) is 53.5 cm³/mol. The fourth-order valence-corrected chi connectivity index (χ4v) is 1.23. The Bertz CT molecular complexity index is 365. The highest BCUT2D eigenvalue weighted by Gasteiger charge is 2.44. The normalized spacial score (nSPS) is 17.8. The third-order valence-corrected chi connectivity index (χ3v) is 2.71. The zero-order valence-electron chi connectivity index (χ0n) is 9.82. The van der Waals surface area contributed by atoms with Crippen LogP contribution in [0.25, 0.3) is 0 Å². The molecule has 1 aromatic rings. The number of aromatic nitrogens is 2. The Balaban J connectivity index is 2.83. The summed E-state index contributed by atoms with van der Waals surface area (Å²) < 4.78 is 41.6. The molecule has 0 spiro atoms. The minimum atomic E-state index is -4.69. The average molecular weight is 252 g/mol. The zero-order valence-corrected chi connectivity index (χ0v) is 9.82. The second kappa shape index (κ2) is 5.03. The van der Waals surface area contributed by atoms with Crippen molar-refractivity contribution in [3.8, 4) is 0 Å². The van der Waals surface area contributed by atoms with E-state index in [2.05, 4.69) is 10.1 Å². The lowest BCUT2D eigenvalue weighted by molar-refractivity contribution is -0.210. The van der Waals surface area contributed by atoms with Crippen LogP contribution < -0.4 is 0 Å². The van der Waals surface area contributed by atoms with Gasteiger partial charge in [-0.2, -0.15) is 18.2 Å². The second-order valence-corrected chi connectivity index (χ2v) is 4.08. The van der Waals surface area contributed by atoms with Crippen LogP contribution in [0.15, 0.2) is 4.52 Å². The van der Waals surface area contributed by atoms with E-state index < -0.39 is 18.2 Å². The largest absolute Gasteiger partial charge is 0.415 e. The molecule has 0 aromatic carbocycles. The van der Waals surface area contributed by atoms with Crippen molar-refractivity contribution < 1.29 is 22.8 Å². The molecule has 98 valence electrons. The van der Waals surface area contributed by atoms with E-state index in [4.69, 9.17) is 9.63 Å². The first kappa shape index (κ1) is 14.0. The molecule has 7 heteroatoms. The maximum Gasteiger partial charge on any atom is 0.415 e. The molecule has 0 amide bonds. The molecule has 0 saturated carbocycles. The standard InChI is InChI=1S/C10H15F3N2O2/c1-4-5(2)8-14-9(17-15-8)6(3)7(16)10(11,12)13/h5-7,16H,4H2,1-3H3. The van der Waals surface area contributed by atoms with E-state index in [0.29, 0.717) is 5.82 Å². The summed E-state index contributed by atoms with van der Waals surface area (Å²) in [5, 5.41) is 12.7. The Morgan fingerprint density at radius 2 is 1.94 bits per heavy atom. The van der Waals surface area contributed by atoms with Gasteiger partial charge in [0.2, 0.25) is 5.89 Å². The predicted octanol–water partition coefficient (Wildman–Crippen LogP) is 2.61. The first-order valence-electron chi connectivity index (χ1n) is 5.35. The van der Waals surface area contributed by atoms with Crippen LogP contribution >= 0.6 is 0 Å². The van der Waals surface area contributed by atoms with Crippen molar-refractivity contribution in [2.24, 2.45) is 0 Å². The molecule has 3 unspecified atom stereocenters. The molecule has 1 aromatic heterocycles. The second-order valence-electron chi connectivity index (χ2n) is 4.08. The van der Waals surface area contributed by atoms with Gasteiger partial charge in [0.25, 0.3) is 0 Å².